The number of hydrogen-bond acceptors (Lipinski definition) is 4. The smallest absolute Gasteiger partial charge is 0.319 e. The highest BCUT2D eigenvalue weighted by Gasteiger charge is 2.14. The van der Waals surface area contributed by atoms with Crippen LogP contribution < -0.4 is 10.6 Å². The van der Waals surface area contributed by atoms with Gasteiger partial charge < -0.3 is 10.6 Å². The summed E-state index contributed by atoms with van der Waals surface area (Å²) in [5, 5.41) is 5.55. The molecule has 5 aromatic rings. The van der Waals surface area contributed by atoms with E-state index in [2.05, 4.69) is 15.6 Å². The lowest BCUT2D eigenvalue weighted by Gasteiger charge is -2.12. The van der Waals surface area contributed by atoms with E-state index in [0.717, 1.165) is 5.69 Å². The highest BCUT2D eigenvalue weighted by Crippen LogP contribution is 2.32. The SMILES string of the molecule is O=C(NCc1ccccn1)Nc1ccc2nc(-c3ccc(F)cc3)c(-c3ccc(F)cc3)nc2c1. The summed E-state index contributed by atoms with van der Waals surface area (Å²) in [6.07, 6.45) is 1.66. The maximum Gasteiger partial charge on any atom is 0.319 e. The normalized spacial score (nSPS) is 10.8. The Morgan fingerprint density at radius 2 is 1.37 bits per heavy atom. The van der Waals surface area contributed by atoms with Crippen LogP contribution >= 0.6 is 0 Å². The molecule has 2 N–H and O–H groups in total. The van der Waals surface area contributed by atoms with Crippen molar-refractivity contribution in [3.8, 4) is 22.5 Å². The molecule has 0 aliphatic carbocycles. The lowest BCUT2D eigenvalue weighted by molar-refractivity contribution is 0.251. The van der Waals surface area contributed by atoms with E-state index in [1.54, 1.807) is 54.7 Å². The first kappa shape index (κ1) is 22.1. The van der Waals surface area contributed by atoms with E-state index in [1.807, 2.05) is 12.1 Å². The van der Waals surface area contributed by atoms with Crippen LogP contribution in [0.1, 0.15) is 5.69 Å². The summed E-state index contributed by atoms with van der Waals surface area (Å²) < 4.78 is 27.0. The number of benzene rings is 3. The summed E-state index contributed by atoms with van der Waals surface area (Å²) >= 11 is 0. The zero-order valence-electron chi connectivity index (χ0n) is 18.4. The van der Waals surface area contributed by atoms with Crippen LogP contribution in [0.2, 0.25) is 0 Å². The lowest BCUT2D eigenvalue weighted by atomic mass is 10.0. The van der Waals surface area contributed by atoms with Gasteiger partial charge in [-0.2, -0.15) is 0 Å². The Labute approximate surface area is 199 Å². The van der Waals surface area contributed by atoms with Crippen LogP contribution in [0.15, 0.2) is 91.1 Å². The topological polar surface area (TPSA) is 79.8 Å². The molecular weight excluding hydrogens is 448 g/mol. The summed E-state index contributed by atoms with van der Waals surface area (Å²) in [7, 11) is 0. The molecule has 0 atom stereocenters. The molecule has 0 bridgehead atoms. The van der Waals surface area contributed by atoms with Crippen molar-refractivity contribution in [2.75, 3.05) is 5.32 Å². The molecule has 0 spiro atoms. The number of halogens is 2. The van der Waals surface area contributed by atoms with Crippen molar-refractivity contribution in [2.24, 2.45) is 0 Å². The fourth-order valence-electron chi connectivity index (χ4n) is 3.60. The van der Waals surface area contributed by atoms with Crippen LogP contribution in [-0.2, 0) is 6.54 Å². The van der Waals surface area contributed by atoms with Gasteiger partial charge in [-0.15, -0.1) is 0 Å². The molecule has 0 aliphatic rings. The summed E-state index contributed by atoms with van der Waals surface area (Å²) in [4.78, 5) is 26.1. The number of carbonyl (C=O) groups is 1. The van der Waals surface area contributed by atoms with E-state index < -0.39 is 0 Å². The maximum absolute atomic E-state index is 13.5. The van der Waals surface area contributed by atoms with Gasteiger partial charge in [0.25, 0.3) is 0 Å². The summed E-state index contributed by atoms with van der Waals surface area (Å²) in [6, 6.07) is 22.2. The summed E-state index contributed by atoms with van der Waals surface area (Å²) in [5.74, 6) is -0.725. The van der Waals surface area contributed by atoms with Crippen LogP contribution in [0.25, 0.3) is 33.5 Å². The molecule has 35 heavy (non-hydrogen) atoms. The van der Waals surface area contributed by atoms with Crippen LogP contribution in [0.3, 0.4) is 0 Å². The number of amides is 2. The minimum absolute atomic E-state index is 0.288. The van der Waals surface area contributed by atoms with E-state index >= 15 is 0 Å². The molecular formula is C27H19F2N5O. The van der Waals surface area contributed by atoms with Crippen molar-refractivity contribution >= 4 is 22.8 Å². The number of rotatable bonds is 5. The molecule has 8 heteroatoms. The van der Waals surface area contributed by atoms with Gasteiger partial charge in [0.05, 0.1) is 34.7 Å². The van der Waals surface area contributed by atoms with Gasteiger partial charge in [-0.25, -0.2) is 23.5 Å². The second kappa shape index (κ2) is 9.64. The lowest BCUT2D eigenvalue weighted by Crippen LogP contribution is -2.28. The monoisotopic (exact) mass is 467 g/mol. The van der Waals surface area contributed by atoms with Crippen molar-refractivity contribution in [3.63, 3.8) is 0 Å². The molecule has 2 heterocycles. The molecule has 0 radical (unpaired) electrons. The van der Waals surface area contributed by atoms with Gasteiger partial charge in [-0.3, -0.25) is 4.98 Å². The molecule has 172 valence electrons. The summed E-state index contributed by atoms with van der Waals surface area (Å²) in [5.41, 5.74) is 4.79. The Hall–Kier alpha value is -4.72. The Kier molecular flexibility index (Phi) is 6.09. The standard InChI is InChI=1S/C27H19F2N5O/c28-19-8-4-17(5-9-19)25-26(18-6-10-20(29)11-7-18)34-24-15-21(12-13-23(24)33-25)32-27(35)31-16-22-3-1-2-14-30-22/h1-15H,16H2,(H2,31,32,35). The Bertz CT molecular complexity index is 1490. The first-order chi connectivity index (χ1) is 17.0. The third-order valence-corrected chi connectivity index (χ3v) is 5.31. The Morgan fingerprint density at radius 1 is 0.743 bits per heavy atom. The zero-order valence-corrected chi connectivity index (χ0v) is 18.4. The maximum atomic E-state index is 13.5. The predicted molar refractivity (Wildman–Crippen MR) is 130 cm³/mol. The quantitative estimate of drug-likeness (QED) is 0.334. The number of aromatic nitrogens is 3. The number of carbonyl (C=O) groups excluding carboxylic acids is 1. The van der Waals surface area contributed by atoms with Gasteiger partial charge in [0, 0.05) is 23.0 Å². The number of nitrogens with zero attached hydrogens (tertiary/aromatic N) is 3. The highest BCUT2D eigenvalue weighted by atomic mass is 19.1. The van der Waals surface area contributed by atoms with E-state index in [1.165, 1.54) is 24.3 Å². The highest BCUT2D eigenvalue weighted by molar-refractivity contribution is 5.93. The van der Waals surface area contributed by atoms with Gasteiger partial charge in [-0.05, 0) is 78.9 Å². The van der Waals surface area contributed by atoms with Crippen molar-refractivity contribution in [3.05, 3.63) is 108 Å². The van der Waals surface area contributed by atoms with Crippen molar-refractivity contribution in [2.45, 2.75) is 6.54 Å². The van der Waals surface area contributed by atoms with Gasteiger partial charge in [0.2, 0.25) is 0 Å². The van der Waals surface area contributed by atoms with Gasteiger partial charge in [-0.1, -0.05) is 6.07 Å². The van der Waals surface area contributed by atoms with Crippen molar-refractivity contribution < 1.29 is 13.6 Å². The second-order valence-electron chi connectivity index (χ2n) is 7.77. The fraction of sp³-hybridized carbons (Fsp3) is 0.0370. The second-order valence-corrected chi connectivity index (χ2v) is 7.77. The van der Waals surface area contributed by atoms with E-state index in [4.69, 9.17) is 9.97 Å². The molecule has 0 saturated carbocycles. The van der Waals surface area contributed by atoms with Crippen LogP contribution in [0.4, 0.5) is 19.3 Å². The Balaban J connectivity index is 1.48. The zero-order chi connectivity index (χ0) is 24.2. The molecule has 2 amide bonds. The first-order valence-corrected chi connectivity index (χ1v) is 10.8. The number of nitrogens with one attached hydrogen (secondary N) is 2. The molecule has 3 aromatic carbocycles. The largest absolute Gasteiger partial charge is 0.332 e. The number of pyridine rings is 1. The third-order valence-electron chi connectivity index (χ3n) is 5.31. The minimum atomic E-state index is -0.385. The average Bonchev–Trinajstić information content (AvgIpc) is 2.88. The van der Waals surface area contributed by atoms with E-state index in [9.17, 15) is 13.6 Å². The average molecular weight is 467 g/mol. The summed E-state index contributed by atoms with van der Waals surface area (Å²) in [6.45, 7) is 0.288. The third kappa shape index (κ3) is 5.11. The van der Waals surface area contributed by atoms with E-state index in [0.29, 0.717) is 39.2 Å². The van der Waals surface area contributed by atoms with Gasteiger partial charge >= 0.3 is 6.03 Å². The van der Waals surface area contributed by atoms with Crippen molar-refractivity contribution in [1.29, 1.82) is 0 Å². The first-order valence-electron chi connectivity index (χ1n) is 10.8. The molecule has 5 rings (SSSR count). The molecule has 0 saturated heterocycles. The molecule has 6 nitrogen and oxygen atoms in total. The predicted octanol–water partition coefficient (Wildman–Crippen LogP) is 5.96. The van der Waals surface area contributed by atoms with Crippen molar-refractivity contribution in [1.82, 2.24) is 20.3 Å². The van der Waals surface area contributed by atoms with Gasteiger partial charge in [0.1, 0.15) is 11.6 Å². The number of urea groups is 1. The Morgan fingerprint density at radius 3 is 1.97 bits per heavy atom. The fourth-order valence-corrected chi connectivity index (χ4v) is 3.60. The minimum Gasteiger partial charge on any atom is -0.332 e. The number of hydrogen-bond donors (Lipinski definition) is 2. The molecule has 0 unspecified atom stereocenters. The molecule has 0 aliphatic heterocycles. The number of fused-ring (bicyclic) bond motifs is 1. The van der Waals surface area contributed by atoms with Crippen LogP contribution in [0.5, 0.6) is 0 Å². The van der Waals surface area contributed by atoms with Crippen LogP contribution in [-0.4, -0.2) is 21.0 Å². The molecule has 2 aromatic heterocycles. The number of anilines is 1. The van der Waals surface area contributed by atoms with Gasteiger partial charge in [0.15, 0.2) is 0 Å². The van der Waals surface area contributed by atoms with E-state index in [-0.39, 0.29) is 24.2 Å². The molecule has 0 fully saturated rings. The van der Waals surface area contributed by atoms with Crippen LogP contribution in [0, 0.1) is 11.6 Å².